The maximum absolute atomic E-state index is 9.22. The molecule has 5 heteroatoms. The van der Waals surface area contributed by atoms with Crippen molar-refractivity contribution >= 4 is 5.82 Å². The monoisotopic (exact) mass is 258 g/mol. The molecular weight excluding hydrogens is 240 g/mol. The largest absolute Gasteiger partial charge is 0.395 e. The van der Waals surface area contributed by atoms with Crippen molar-refractivity contribution in [2.45, 2.75) is 13.1 Å². The Bertz CT molecular complexity index is 504. The summed E-state index contributed by atoms with van der Waals surface area (Å²) in [6.45, 7) is 1.64. The van der Waals surface area contributed by atoms with E-state index in [1.54, 1.807) is 6.20 Å². The summed E-state index contributed by atoms with van der Waals surface area (Å²) in [5, 5.41) is 17.3. The van der Waals surface area contributed by atoms with Gasteiger partial charge in [0.1, 0.15) is 0 Å². The van der Waals surface area contributed by atoms with Gasteiger partial charge in [0.2, 0.25) is 0 Å². The lowest BCUT2D eigenvalue weighted by molar-refractivity contribution is 0.301. The van der Waals surface area contributed by atoms with E-state index in [0.717, 1.165) is 16.9 Å². The van der Waals surface area contributed by atoms with Gasteiger partial charge < -0.3 is 15.7 Å². The smallest absolute Gasteiger partial charge is 0.156 e. The standard InChI is InChI=1S/C14H18N4O/c15-10-13-6-7-16-17-14(13)18(8-9-19)11-12-4-2-1-3-5-12/h1-7,19H,8-11,15H2. The molecule has 0 saturated carbocycles. The zero-order valence-corrected chi connectivity index (χ0v) is 10.7. The van der Waals surface area contributed by atoms with Crippen molar-refractivity contribution in [1.82, 2.24) is 10.2 Å². The molecule has 0 amide bonds. The minimum atomic E-state index is 0.0629. The van der Waals surface area contributed by atoms with E-state index in [-0.39, 0.29) is 6.61 Å². The number of anilines is 1. The van der Waals surface area contributed by atoms with Gasteiger partial charge in [0.05, 0.1) is 12.8 Å². The molecule has 0 spiro atoms. The number of hydrogen-bond donors (Lipinski definition) is 2. The molecule has 100 valence electrons. The topological polar surface area (TPSA) is 75.3 Å². The van der Waals surface area contributed by atoms with Gasteiger partial charge in [-0.05, 0) is 11.6 Å². The molecule has 3 N–H and O–H groups in total. The molecule has 0 bridgehead atoms. The number of hydrogen-bond acceptors (Lipinski definition) is 5. The molecule has 0 fully saturated rings. The molecule has 2 rings (SSSR count). The molecule has 1 heterocycles. The molecule has 0 aliphatic carbocycles. The highest BCUT2D eigenvalue weighted by Gasteiger charge is 2.12. The van der Waals surface area contributed by atoms with Crippen LogP contribution in [-0.2, 0) is 13.1 Å². The summed E-state index contributed by atoms with van der Waals surface area (Å²) in [5.41, 5.74) is 7.81. The number of aliphatic hydroxyl groups excluding tert-OH is 1. The average molecular weight is 258 g/mol. The maximum Gasteiger partial charge on any atom is 0.156 e. The Hall–Kier alpha value is -1.98. The summed E-state index contributed by atoms with van der Waals surface area (Å²) < 4.78 is 0. The van der Waals surface area contributed by atoms with Gasteiger partial charge in [-0.2, -0.15) is 5.10 Å². The van der Waals surface area contributed by atoms with Gasteiger partial charge in [0, 0.05) is 25.2 Å². The van der Waals surface area contributed by atoms with E-state index in [1.807, 2.05) is 41.3 Å². The predicted octanol–water partition coefficient (Wildman–Crippen LogP) is 0.934. The lowest BCUT2D eigenvalue weighted by atomic mass is 10.2. The number of aromatic nitrogens is 2. The molecule has 1 aromatic carbocycles. The van der Waals surface area contributed by atoms with Gasteiger partial charge in [-0.25, -0.2) is 0 Å². The van der Waals surface area contributed by atoms with E-state index in [1.165, 1.54) is 0 Å². The van der Waals surface area contributed by atoms with Crippen LogP contribution in [0.3, 0.4) is 0 Å². The second kappa shape index (κ2) is 6.82. The van der Waals surface area contributed by atoms with Crippen molar-refractivity contribution in [3.63, 3.8) is 0 Å². The van der Waals surface area contributed by atoms with Crippen LogP contribution in [0.15, 0.2) is 42.6 Å². The molecule has 5 nitrogen and oxygen atoms in total. The first-order valence-electron chi connectivity index (χ1n) is 6.25. The minimum absolute atomic E-state index is 0.0629. The third kappa shape index (κ3) is 3.49. The Kier molecular flexibility index (Phi) is 4.83. The SMILES string of the molecule is NCc1ccnnc1N(CCO)Cc1ccccc1. The predicted molar refractivity (Wildman–Crippen MR) is 74.5 cm³/mol. The zero-order valence-electron chi connectivity index (χ0n) is 10.7. The molecule has 19 heavy (non-hydrogen) atoms. The van der Waals surface area contributed by atoms with Crippen molar-refractivity contribution < 1.29 is 5.11 Å². The van der Waals surface area contributed by atoms with Gasteiger partial charge in [-0.1, -0.05) is 30.3 Å². The molecule has 0 radical (unpaired) electrons. The Morgan fingerprint density at radius 2 is 1.95 bits per heavy atom. The van der Waals surface area contributed by atoms with Crippen LogP contribution in [-0.4, -0.2) is 28.5 Å². The second-order valence-corrected chi connectivity index (χ2v) is 4.21. The van der Waals surface area contributed by atoms with E-state index < -0.39 is 0 Å². The highest BCUT2D eigenvalue weighted by Crippen LogP contribution is 2.18. The van der Waals surface area contributed by atoms with Crippen LogP contribution in [0.25, 0.3) is 0 Å². The van der Waals surface area contributed by atoms with Crippen LogP contribution in [0.4, 0.5) is 5.82 Å². The van der Waals surface area contributed by atoms with Crippen molar-refractivity contribution in [3.05, 3.63) is 53.7 Å². The maximum atomic E-state index is 9.22. The fraction of sp³-hybridized carbons (Fsp3) is 0.286. The minimum Gasteiger partial charge on any atom is -0.395 e. The molecule has 1 aromatic heterocycles. The Balaban J connectivity index is 2.24. The Morgan fingerprint density at radius 1 is 1.16 bits per heavy atom. The van der Waals surface area contributed by atoms with E-state index in [9.17, 15) is 5.11 Å². The number of nitrogens with two attached hydrogens (primary N) is 1. The van der Waals surface area contributed by atoms with Gasteiger partial charge in [-0.3, -0.25) is 0 Å². The average Bonchev–Trinajstić information content (AvgIpc) is 2.48. The number of rotatable bonds is 6. The normalized spacial score (nSPS) is 10.4. The third-order valence-corrected chi connectivity index (χ3v) is 2.89. The molecule has 2 aromatic rings. The molecule has 0 unspecified atom stereocenters. The zero-order chi connectivity index (χ0) is 13.5. The second-order valence-electron chi connectivity index (χ2n) is 4.21. The van der Waals surface area contributed by atoms with Crippen LogP contribution < -0.4 is 10.6 Å². The lowest BCUT2D eigenvalue weighted by Gasteiger charge is -2.24. The Morgan fingerprint density at radius 3 is 2.63 bits per heavy atom. The number of aliphatic hydroxyl groups is 1. The summed E-state index contributed by atoms with van der Waals surface area (Å²) in [4.78, 5) is 1.99. The van der Waals surface area contributed by atoms with E-state index in [0.29, 0.717) is 19.6 Å². The van der Waals surface area contributed by atoms with Gasteiger partial charge in [0.25, 0.3) is 0 Å². The number of benzene rings is 1. The third-order valence-electron chi connectivity index (χ3n) is 2.89. The summed E-state index contributed by atoms with van der Waals surface area (Å²) in [5.74, 6) is 0.739. The van der Waals surface area contributed by atoms with Crippen LogP contribution in [0.2, 0.25) is 0 Å². The lowest BCUT2D eigenvalue weighted by Crippen LogP contribution is -2.28. The highest BCUT2D eigenvalue weighted by atomic mass is 16.3. The van der Waals surface area contributed by atoms with Crippen molar-refractivity contribution in [3.8, 4) is 0 Å². The first kappa shape index (κ1) is 13.5. The summed E-state index contributed by atoms with van der Waals surface area (Å²) >= 11 is 0. The first-order chi connectivity index (χ1) is 9.35. The van der Waals surface area contributed by atoms with Gasteiger partial charge in [-0.15, -0.1) is 5.10 Å². The van der Waals surface area contributed by atoms with Gasteiger partial charge >= 0.3 is 0 Å². The molecule has 0 atom stereocenters. The molecule has 0 saturated heterocycles. The summed E-state index contributed by atoms with van der Waals surface area (Å²) in [7, 11) is 0. The van der Waals surface area contributed by atoms with Crippen molar-refractivity contribution in [2.75, 3.05) is 18.1 Å². The fourth-order valence-electron chi connectivity index (χ4n) is 1.96. The summed E-state index contributed by atoms with van der Waals surface area (Å²) in [6.07, 6.45) is 1.63. The quantitative estimate of drug-likeness (QED) is 0.806. The van der Waals surface area contributed by atoms with Crippen molar-refractivity contribution in [1.29, 1.82) is 0 Å². The van der Waals surface area contributed by atoms with E-state index >= 15 is 0 Å². The van der Waals surface area contributed by atoms with Crippen LogP contribution in [0.1, 0.15) is 11.1 Å². The van der Waals surface area contributed by atoms with Crippen molar-refractivity contribution in [2.24, 2.45) is 5.73 Å². The summed E-state index contributed by atoms with van der Waals surface area (Å²) in [6, 6.07) is 11.9. The molecule has 0 aliphatic heterocycles. The van der Waals surface area contributed by atoms with Crippen LogP contribution >= 0.6 is 0 Å². The van der Waals surface area contributed by atoms with E-state index in [4.69, 9.17) is 5.73 Å². The van der Waals surface area contributed by atoms with E-state index in [2.05, 4.69) is 10.2 Å². The van der Waals surface area contributed by atoms with Crippen LogP contribution in [0, 0.1) is 0 Å². The highest BCUT2D eigenvalue weighted by molar-refractivity contribution is 5.46. The number of nitrogens with zero attached hydrogens (tertiary/aromatic N) is 3. The first-order valence-corrected chi connectivity index (χ1v) is 6.25. The molecule has 0 aliphatic rings. The Labute approximate surface area is 112 Å². The molecular formula is C14H18N4O. The fourth-order valence-corrected chi connectivity index (χ4v) is 1.96. The van der Waals surface area contributed by atoms with Crippen LogP contribution in [0.5, 0.6) is 0 Å². The van der Waals surface area contributed by atoms with Gasteiger partial charge in [0.15, 0.2) is 5.82 Å².